The topological polar surface area (TPSA) is 39.1 Å². The molecule has 1 N–H and O–H groups in total. The van der Waals surface area contributed by atoms with Crippen molar-refractivity contribution in [2.75, 3.05) is 24.5 Å². The van der Waals surface area contributed by atoms with E-state index >= 15 is 0 Å². The molecule has 0 bridgehead atoms. The second-order valence-corrected chi connectivity index (χ2v) is 6.66. The summed E-state index contributed by atoms with van der Waals surface area (Å²) < 4.78 is 0. The third-order valence-electron chi connectivity index (χ3n) is 4.53. The molecule has 3 nitrogen and oxygen atoms in total. The van der Waals surface area contributed by atoms with E-state index < -0.39 is 0 Å². The van der Waals surface area contributed by atoms with Gasteiger partial charge in [-0.25, -0.2) is 0 Å². The Balaban J connectivity index is 1.96. The van der Waals surface area contributed by atoms with Gasteiger partial charge in [0, 0.05) is 36.3 Å². The number of hydrogen-bond donors (Lipinski definition) is 1. The molecule has 100 valence electrons. The van der Waals surface area contributed by atoms with Crippen LogP contribution < -0.4 is 10.2 Å². The van der Waals surface area contributed by atoms with Gasteiger partial charge in [-0.15, -0.1) is 0 Å². The highest BCUT2D eigenvalue weighted by atomic mass is 15.2. The molecule has 1 aromatic rings. The normalized spacial score (nSPS) is 23.7. The molecule has 1 heterocycles. The highest BCUT2D eigenvalue weighted by Crippen LogP contribution is 2.48. The summed E-state index contributed by atoms with van der Waals surface area (Å²) in [5.41, 5.74) is 2.48. The van der Waals surface area contributed by atoms with Gasteiger partial charge in [0.05, 0.1) is 11.6 Å². The molecule has 1 aliphatic heterocycles. The van der Waals surface area contributed by atoms with Gasteiger partial charge in [0.2, 0.25) is 0 Å². The maximum absolute atomic E-state index is 9.08. The average molecular weight is 255 g/mol. The summed E-state index contributed by atoms with van der Waals surface area (Å²) in [6.45, 7) is 7.78. The van der Waals surface area contributed by atoms with Gasteiger partial charge in [0.15, 0.2) is 0 Å². The average Bonchev–Trinajstić information content (AvgIpc) is 3.17. The van der Waals surface area contributed by atoms with Crippen molar-refractivity contribution in [2.45, 2.75) is 32.2 Å². The highest BCUT2D eigenvalue weighted by molar-refractivity contribution is 5.54. The lowest BCUT2D eigenvalue weighted by molar-refractivity contribution is 0.456. The number of nitrogens with zero attached hydrogens (tertiary/aromatic N) is 2. The van der Waals surface area contributed by atoms with Crippen molar-refractivity contribution < 1.29 is 0 Å². The van der Waals surface area contributed by atoms with Crippen LogP contribution in [0.25, 0.3) is 0 Å². The van der Waals surface area contributed by atoms with Crippen LogP contribution in [0.15, 0.2) is 24.3 Å². The van der Waals surface area contributed by atoms with Gasteiger partial charge in [-0.1, -0.05) is 6.07 Å². The van der Waals surface area contributed by atoms with Gasteiger partial charge in [0.25, 0.3) is 0 Å². The quantitative estimate of drug-likeness (QED) is 0.838. The van der Waals surface area contributed by atoms with Crippen LogP contribution in [0.3, 0.4) is 0 Å². The Morgan fingerprint density at radius 1 is 1.26 bits per heavy atom. The van der Waals surface area contributed by atoms with Crippen molar-refractivity contribution in [3.05, 3.63) is 29.8 Å². The van der Waals surface area contributed by atoms with Crippen molar-refractivity contribution in [1.82, 2.24) is 5.32 Å². The maximum Gasteiger partial charge on any atom is 0.0992 e. The minimum atomic E-state index is 0.0835. The molecular weight excluding hydrogens is 234 g/mol. The van der Waals surface area contributed by atoms with E-state index in [1.54, 1.807) is 0 Å². The van der Waals surface area contributed by atoms with Gasteiger partial charge < -0.3 is 10.2 Å². The number of rotatable bonds is 1. The molecule has 0 unspecified atom stereocenters. The van der Waals surface area contributed by atoms with Crippen molar-refractivity contribution in [2.24, 2.45) is 5.41 Å². The summed E-state index contributed by atoms with van der Waals surface area (Å²) in [5.74, 6) is 0. The zero-order valence-electron chi connectivity index (χ0n) is 11.7. The third-order valence-corrected chi connectivity index (χ3v) is 4.53. The Morgan fingerprint density at radius 2 is 2.05 bits per heavy atom. The van der Waals surface area contributed by atoms with E-state index in [4.69, 9.17) is 5.26 Å². The highest BCUT2D eigenvalue weighted by Gasteiger charge is 2.48. The standard InChI is InChI=1S/C16H21N3/c1-15(2)10-18-11-16(6-7-16)12-19(15)14-5-3-4-13(8-14)9-17/h3-5,8,18H,6-7,10-12H2,1-2H3. The zero-order chi connectivity index (χ0) is 13.5. The monoisotopic (exact) mass is 255 g/mol. The van der Waals surface area contributed by atoms with Crippen molar-refractivity contribution >= 4 is 5.69 Å². The van der Waals surface area contributed by atoms with Crippen molar-refractivity contribution in [1.29, 1.82) is 5.26 Å². The van der Waals surface area contributed by atoms with Crippen molar-refractivity contribution in [3.8, 4) is 6.07 Å². The van der Waals surface area contributed by atoms with E-state index in [9.17, 15) is 0 Å². The van der Waals surface area contributed by atoms with E-state index in [1.165, 1.54) is 18.5 Å². The molecule has 19 heavy (non-hydrogen) atoms. The summed E-state index contributed by atoms with van der Waals surface area (Å²) >= 11 is 0. The van der Waals surface area contributed by atoms with Crippen LogP contribution in [-0.2, 0) is 0 Å². The van der Waals surface area contributed by atoms with E-state index in [0.29, 0.717) is 5.41 Å². The summed E-state index contributed by atoms with van der Waals surface area (Å²) in [4.78, 5) is 2.49. The molecule has 1 aliphatic carbocycles. The second-order valence-electron chi connectivity index (χ2n) is 6.66. The molecule has 0 amide bonds. The zero-order valence-corrected chi connectivity index (χ0v) is 11.7. The van der Waals surface area contributed by atoms with Crippen LogP contribution >= 0.6 is 0 Å². The van der Waals surface area contributed by atoms with Crippen LogP contribution in [0.1, 0.15) is 32.3 Å². The lowest BCUT2D eigenvalue weighted by atomic mass is 9.99. The number of anilines is 1. The Hall–Kier alpha value is -1.53. The second kappa shape index (κ2) is 4.25. The Labute approximate surface area is 115 Å². The SMILES string of the molecule is CC1(C)CNCC2(CC2)CN1c1cccc(C#N)c1. The van der Waals surface area contributed by atoms with Gasteiger partial charge in [-0.2, -0.15) is 5.26 Å². The van der Waals surface area contributed by atoms with Crippen LogP contribution in [0.2, 0.25) is 0 Å². The fourth-order valence-electron chi connectivity index (χ4n) is 3.03. The number of benzene rings is 1. The fourth-order valence-corrected chi connectivity index (χ4v) is 3.03. The molecule has 3 rings (SSSR count). The first kappa shape index (κ1) is 12.5. The van der Waals surface area contributed by atoms with Crippen LogP contribution in [0.5, 0.6) is 0 Å². The third kappa shape index (κ3) is 2.33. The molecule has 2 fully saturated rings. The van der Waals surface area contributed by atoms with Gasteiger partial charge in [0.1, 0.15) is 0 Å². The smallest absolute Gasteiger partial charge is 0.0992 e. The maximum atomic E-state index is 9.08. The molecule has 1 saturated carbocycles. The van der Waals surface area contributed by atoms with Crippen LogP contribution in [0, 0.1) is 16.7 Å². The summed E-state index contributed by atoms with van der Waals surface area (Å²) in [6.07, 6.45) is 2.65. The lowest BCUT2D eigenvalue weighted by Crippen LogP contribution is -2.49. The summed E-state index contributed by atoms with van der Waals surface area (Å²) in [7, 11) is 0. The van der Waals surface area contributed by atoms with Gasteiger partial charge in [-0.3, -0.25) is 0 Å². The van der Waals surface area contributed by atoms with Gasteiger partial charge in [-0.05, 0) is 44.9 Å². The number of hydrogen-bond acceptors (Lipinski definition) is 3. The van der Waals surface area contributed by atoms with Crippen molar-refractivity contribution in [3.63, 3.8) is 0 Å². The number of nitrogens with one attached hydrogen (secondary N) is 1. The van der Waals surface area contributed by atoms with Crippen LogP contribution in [0.4, 0.5) is 5.69 Å². The molecule has 0 atom stereocenters. The fraction of sp³-hybridized carbons (Fsp3) is 0.562. The molecule has 1 saturated heterocycles. The Bertz CT molecular complexity index is 523. The molecule has 3 heteroatoms. The Kier molecular flexibility index (Phi) is 2.79. The minimum absolute atomic E-state index is 0.0835. The Morgan fingerprint density at radius 3 is 2.74 bits per heavy atom. The molecule has 1 aromatic carbocycles. The molecule has 2 aliphatic rings. The van der Waals surface area contributed by atoms with Gasteiger partial charge >= 0.3 is 0 Å². The molecule has 0 radical (unpaired) electrons. The predicted molar refractivity (Wildman–Crippen MR) is 77.1 cm³/mol. The number of nitriles is 1. The molecule has 1 spiro atoms. The van der Waals surface area contributed by atoms with E-state index in [2.05, 4.69) is 36.2 Å². The van der Waals surface area contributed by atoms with E-state index in [1.807, 2.05) is 18.2 Å². The molecular formula is C16H21N3. The first-order valence-corrected chi connectivity index (χ1v) is 7.03. The largest absolute Gasteiger partial charge is 0.364 e. The van der Waals surface area contributed by atoms with E-state index in [0.717, 1.165) is 25.2 Å². The summed E-state index contributed by atoms with van der Waals surface area (Å²) in [6, 6.07) is 10.3. The molecule has 0 aromatic heterocycles. The summed E-state index contributed by atoms with van der Waals surface area (Å²) in [5, 5.41) is 12.7. The first-order valence-electron chi connectivity index (χ1n) is 7.03. The predicted octanol–water partition coefficient (Wildman–Crippen LogP) is 2.53. The van der Waals surface area contributed by atoms with E-state index in [-0.39, 0.29) is 5.54 Å². The minimum Gasteiger partial charge on any atom is -0.364 e. The lowest BCUT2D eigenvalue weighted by Gasteiger charge is -2.40. The first-order chi connectivity index (χ1) is 9.05. The van der Waals surface area contributed by atoms with Crippen LogP contribution in [-0.4, -0.2) is 25.2 Å².